The van der Waals surface area contributed by atoms with E-state index in [0.717, 1.165) is 12.2 Å². The second-order valence-electron chi connectivity index (χ2n) is 19.0. The fraction of sp³-hybridized carbons (Fsp3) is 0.635. The van der Waals surface area contributed by atoms with Crippen molar-refractivity contribution >= 4 is 70.7 Å². The molecule has 1 aliphatic heterocycles. The molecule has 0 saturated heterocycles. The van der Waals surface area contributed by atoms with E-state index in [2.05, 4.69) is 47.9 Å². The lowest BCUT2D eigenvalue weighted by Gasteiger charge is -2.27. The third-order valence-electron chi connectivity index (χ3n) is 11.9. The first-order valence-corrected chi connectivity index (χ1v) is 26.9. The summed E-state index contributed by atoms with van der Waals surface area (Å²) in [5.41, 5.74) is 6.65. The number of rotatable bonds is 44. The van der Waals surface area contributed by atoms with Gasteiger partial charge in [0.05, 0.1) is 65.1 Å². The zero-order valence-electron chi connectivity index (χ0n) is 47.0. The van der Waals surface area contributed by atoms with Gasteiger partial charge in [0.1, 0.15) is 30.4 Å². The van der Waals surface area contributed by atoms with Gasteiger partial charge in [0.15, 0.2) is 0 Å². The summed E-state index contributed by atoms with van der Waals surface area (Å²) in [7, 11) is 3.60. The lowest BCUT2D eigenvalue weighted by atomic mass is 10.0. The Morgan fingerprint density at radius 1 is 0.630 bits per heavy atom. The maximum atomic E-state index is 14.1. The number of phenols is 1. The van der Waals surface area contributed by atoms with Crippen LogP contribution in [0.5, 0.6) is 5.75 Å². The molecule has 454 valence electrons. The summed E-state index contributed by atoms with van der Waals surface area (Å²) >= 11 is 0. The van der Waals surface area contributed by atoms with Crippen LogP contribution in [0.1, 0.15) is 64.9 Å². The summed E-state index contributed by atoms with van der Waals surface area (Å²) in [5.74, 6) is -9.04. The van der Waals surface area contributed by atoms with Crippen LogP contribution < -0.4 is 53.6 Å². The molecular weight excluding hydrogens is 1060 g/mol. The van der Waals surface area contributed by atoms with Crippen LogP contribution in [0, 0.1) is 5.92 Å². The lowest BCUT2D eigenvalue weighted by Crippen LogP contribution is -2.58. The van der Waals surface area contributed by atoms with E-state index in [-0.39, 0.29) is 114 Å². The van der Waals surface area contributed by atoms with Gasteiger partial charge in [0, 0.05) is 83.1 Å². The van der Waals surface area contributed by atoms with E-state index in [0.29, 0.717) is 50.0 Å². The predicted octanol–water partition coefficient (Wildman–Crippen LogP) is -3.64. The van der Waals surface area contributed by atoms with E-state index in [9.17, 15) is 57.8 Å². The van der Waals surface area contributed by atoms with Crippen LogP contribution in [0.15, 0.2) is 30.4 Å². The van der Waals surface area contributed by atoms with Gasteiger partial charge in [0.25, 0.3) is 11.8 Å². The van der Waals surface area contributed by atoms with Gasteiger partial charge in [-0.25, -0.2) is 0 Å². The number of imide groups is 1. The molecule has 81 heavy (non-hydrogen) atoms. The number of aliphatic carboxylic acids is 1. The van der Waals surface area contributed by atoms with E-state index in [1.807, 2.05) is 0 Å². The number of hydrogen-bond donors (Lipinski definition) is 12. The Morgan fingerprint density at radius 3 is 1.72 bits per heavy atom. The van der Waals surface area contributed by atoms with Crippen LogP contribution >= 0.6 is 0 Å². The molecule has 0 bridgehead atoms. The van der Waals surface area contributed by atoms with Crippen LogP contribution in [-0.2, 0) is 78.1 Å². The van der Waals surface area contributed by atoms with Crippen molar-refractivity contribution in [1.29, 1.82) is 0 Å². The number of benzene rings is 1. The number of hydrogen-bond acceptors (Lipinski definition) is 19. The summed E-state index contributed by atoms with van der Waals surface area (Å²) < 4.78 is 21.7. The molecule has 0 unspecified atom stereocenters. The lowest BCUT2D eigenvalue weighted by molar-refractivity contribution is -0.141. The third kappa shape index (κ3) is 30.3. The van der Waals surface area contributed by atoms with Crippen LogP contribution in [0.4, 0.5) is 5.69 Å². The predicted molar refractivity (Wildman–Crippen MR) is 293 cm³/mol. The number of carboxylic acids is 1. The highest BCUT2D eigenvalue weighted by Gasteiger charge is 2.33. The first-order valence-electron chi connectivity index (χ1n) is 26.9. The maximum Gasteiger partial charge on any atom is 0.303 e. The molecule has 0 saturated carbocycles. The Balaban J connectivity index is 2.16. The van der Waals surface area contributed by atoms with Gasteiger partial charge < -0.3 is 87.6 Å². The van der Waals surface area contributed by atoms with Crippen molar-refractivity contribution in [2.24, 2.45) is 11.7 Å². The molecular formula is C52H84N12O17. The highest BCUT2D eigenvalue weighted by atomic mass is 16.5. The number of nitrogens with two attached hydrogens (primary N) is 1. The van der Waals surface area contributed by atoms with Crippen molar-refractivity contribution in [2.45, 2.75) is 89.9 Å². The maximum absolute atomic E-state index is 14.1. The van der Waals surface area contributed by atoms with Gasteiger partial charge in [-0.15, -0.1) is 0 Å². The molecule has 1 aromatic carbocycles. The smallest absolute Gasteiger partial charge is 0.303 e. The molecule has 1 aliphatic rings. The Morgan fingerprint density at radius 2 is 1.19 bits per heavy atom. The number of carboxylic acid groups (broad SMARTS) is 1. The largest absolute Gasteiger partial charge is 0.506 e. The second kappa shape index (κ2) is 40.1. The standard InChI is InChI=1S/C52H84N12O17/c1-34(2)49(52(77)59-35(3)50(75)58-32-43(68)61-39-31-36(6-9-40(39)65)30-37(53)7-13-48(73)74)62-51(76)38(60-44(69)33-64-46(71)11-12-47(64)72)8-10-45(70)63(20-16-56-41(66)14-22-78-26-28-80-24-18-54-4)21-17-57-42(67)15-23-79-27-29-81-25-19-55-5/h6,9,11-12,31,34-35,37-38,49,54-55,65H,7-8,10,13-30,32-33,53H2,1-5H3,(H,56,66)(H,57,67)(H,58,75)(H,59,77)(H,60,69)(H,61,68)(H,62,76)(H,73,74)/t35-,37+,38-,49-/m0/s1. The SMILES string of the molecule is CNCCOCCOCCC(=O)NCCN(CCNC(=O)CCOCCOCCNC)C(=O)CC[C@H](NC(=O)CN1C(=O)C=CC1=O)C(=O)N[C@H](C(=O)N[C@@H](C)C(=O)NCC(=O)Nc1cc(C[C@H](N)CCC(=O)O)ccc1O)C(C)C. The summed E-state index contributed by atoms with van der Waals surface area (Å²) in [6.45, 7) is 6.90. The quantitative estimate of drug-likeness (QED) is 0.0170. The number of likely N-dealkylation sites (N-methyl/N-ethyl adjacent to an activating group) is 2. The Kier molecular flexibility index (Phi) is 34.6. The first kappa shape index (κ1) is 70.0. The normalized spacial score (nSPS) is 13.4. The average Bonchev–Trinajstić information content (AvgIpc) is 3.76. The van der Waals surface area contributed by atoms with Crippen molar-refractivity contribution in [3.8, 4) is 5.75 Å². The highest BCUT2D eigenvalue weighted by Crippen LogP contribution is 2.25. The molecule has 0 aromatic heterocycles. The number of ether oxygens (including phenoxy) is 4. The fourth-order valence-electron chi connectivity index (χ4n) is 7.38. The number of nitrogens with one attached hydrogen (secondary N) is 9. The van der Waals surface area contributed by atoms with Crippen LogP contribution in [0.25, 0.3) is 0 Å². The number of aromatic hydroxyl groups is 1. The molecule has 0 radical (unpaired) electrons. The van der Waals surface area contributed by atoms with Crippen molar-refractivity contribution in [3.05, 3.63) is 35.9 Å². The summed E-state index contributed by atoms with van der Waals surface area (Å²) in [5, 5.41) is 43.0. The minimum absolute atomic E-state index is 0.00779. The summed E-state index contributed by atoms with van der Waals surface area (Å²) in [4.78, 5) is 144. The molecule has 29 nitrogen and oxygen atoms in total. The van der Waals surface area contributed by atoms with E-state index < -0.39 is 103 Å². The third-order valence-corrected chi connectivity index (χ3v) is 11.9. The fourth-order valence-corrected chi connectivity index (χ4v) is 7.38. The molecule has 1 aromatic rings. The van der Waals surface area contributed by atoms with E-state index in [1.165, 1.54) is 24.0 Å². The van der Waals surface area contributed by atoms with Crippen LogP contribution in [0.3, 0.4) is 0 Å². The Bertz CT molecular complexity index is 2200. The molecule has 0 fully saturated rings. The van der Waals surface area contributed by atoms with Gasteiger partial charge in [-0.05, 0) is 63.9 Å². The van der Waals surface area contributed by atoms with Gasteiger partial charge in [-0.3, -0.25) is 57.6 Å². The number of nitrogens with zero attached hydrogens (tertiary/aromatic N) is 2. The second-order valence-corrected chi connectivity index (χ2v) is 19.0. The minimum atomic E-state index is -1.55. The van der Waals surface area contributed by atoms with Crippen LogP contribution in [0.2, 0.25) is 0 Å². The molecule has 1 heterocycles. The zero-order valence-corrected chi connectivity index (χ0v) is 47.0. The van der Waals surface area contributed by atoms with E-state index in [1.54, 1.807) is 34.0 Å². The zero-order chi connectivity index (χ0) is 60.1. The number of amides is 10. The summed E-state index contributed by atoms with van der Waals surface area (Å²) in [6, 6.07) is -0.331. The minimum Gasteiger partial charge on any atom is -0.506 e. The topological polar surface area (TPSA) is 406 Å². The van der Waals surface area contributed by atoms with Crippen molar-refractivity contribution in [2.75, 3.05) is 125 Å². The van der Waals surface area contributed by atoms with Crippen LogP contribution in [-0.4, -0.2) is 229 Å². The van der Waals surface area contributed by atoms with Gasteiger partial charge >= 0.3 is 5.97 Å². The summed E-state index contributed by atoms with van der Waals surface area (Å²) in [6.07, 6.45) is 1.51. The van der Waals surface area contributed by atoms with E-state index in [4.69, 9.17) is 29.8 Å². The van der Waals surface area contributed by atoms with Gasteiger partial charge in [-0.1, -0.05) is 19.9 Å². The van der Waals surface area contributed by atoms with Crippen molar-refractivity contribution in [3.63, 3.8) is 0 Å². The van der Waals surface area contributed by atoms with Crippen molar-refractivity contribution in [1.82, 2.24) is 52.3 Å². The number of phenolic OH excluding ortho intramolecular Hbond substituents is 1. The molecule has 13 N–H and O–H groups in total. The molecule has 0 spiro atoms. The van der Waals surface area contributed by atoms with Crippen molar-refractivity contribution < 1.29 is 81.9 Å². The van der Waals surface area contributed by atoms with Gasteiger partial charge in [0.2, 0.25) is 47.3 Å². The van der Waals surface area contributed by atoms with E-state index >= 15 is 0 Å². The Hall–Kier alpha value is -7.15. The average molecular weight is 1150 g/mol. The molecule has 2 rings (SSSR count). The number of carbonyl (C=O) groups is 11. The van der Waals surface area contributed by atoms with Gasteiger partial charge in [-0.2, -0.15) is 0 Å². The molecule has 10 amide bonds. The number of anilines is 1. The monoisotopic (exact) mass is 1150 g/mol. The first-order chi connectivity index (χ1) is 38.6. The molecule has 4 atom stereocenters. The number of carbonyl (C=O) groups excluding carboxylic acids is 10. The Labute approximate surface area is 471 Å². The highest BCUT2D eigenvalue weighted by molar-refractivity contribution is 6.14. The molecule has 29 heteroatoms. The molecule has 0 aliphatic carbocycles.